The lowest BCUT2D eigenvalue weighted by molar-refractivity contribution is -0.144. The number of ether oxygens (including phenoxy) is 1. The maximum absolute atomic E-state index is 12.6. The van der Waals surface area contributed by atoms with Crippen molar-refractivity contribution in [2.75, 3.05) is 26.2 Å². The number of morpholine rings is 1. The fraction of sp³-hybridized carbons (Fsp3) is 0.733. The van der Waals surface area contributed by atoms with Crippen LogP contribution in [0.15, 0.2) is 4.52 Å². The van der Waals surface area contributed by atoms with Crippen LogP contribution in [0.5, 0.6) is 0 Å². The zero-order chi connectivity index (χ0) is 17.3. The number of hydrogen-bond acceptors (Lipinski definition) is 7. The van der Waals surface area contributed by atoms with E-state index in [1.165, 1.54) is 0 Å². The minimum Gasteiger partial charge on any atom is -0.372 e. The number of hydrogen-bond donors (Lipinski definition) is 1. The van der Waals surface area contributed by atoms with E-state index in [4.69, 9.17) is 15.0 Å². The molecule has 2 saturated heterocycles. The normalized spacial score (nSPS) is 28.2. The van der Waals surface area contributed by atoms with Gasteiger partial charge in [-0.3, -0.25) is 14.5 Å². The molecule has 0 aromatic carbocycles. The Balaban J connectivity index is 1.65. The van der Waals surface area contributed by atoms with Gasteiger partial charge in [0.25, 0.3) is 11.7 Å². The van der Waals surface area contributed by atoms with Crippen LogP contribution in [0.3, 0.4) is 0 Å². The molecule has 24 heavy (non-hydrogen) atoms. The number of nitrogens with two attached hydrogens (primary N) is 1. The monoisotopic (exact) mass is 337 g/mol. The van der Waals surface area contributed by atoms with Gasteiger partial charge in [-0.2, -0.15) is 4.98 Å². The lowest BCUT2D eigenvalue weighted by atomic mass is 10.2. The Kier molecular flexibility index (Phi) is 4.81. The number of carbonyl (C=O) groups excluding carboxylic acids is 2. The first-order chi connectivity index (χ1) is 11.4. The van der Waals surface area contributed by atoms with Gasteiger partial charge in [0, 0.05) is 13.1 Å². The van der Waals surface area contributed by atoms with Gasteiger partial charge in [-0.05, 0) is 33.2 Å². The summed E-state index contributed by atoms with van der Waals surface area (Å²) < 4.78 is 10.8. The first-order valence-corrected chi connectivity index (χ1v) is 8.24. The molecule has 0 unspecified atom stereocenters. The van der Waals surface area contributed by atoms with Gasteiger partial charge in [-0.15, -0.1) is 0 Å². The van der Waals surface area contributed by atoms with Gasteiger partial charge in [0.15, 0.2) is 0 Å². The van der Waals surface area contributed by atoms with Crippen LogP contribution in [0.1, 0.15) is 49.2 Å². The summed E-state index contributed by atoms with van der Waals surface area (Å²) in [4.78, 5) is 31.6. The zero-order valence-electron chi connectivity index (χ0n) is 14.0. The number of amides is 2. The van der Waals surface area contributed by atoms with E-state index in [1.54, 1.807) is 0 Å². The molecule has 0 bridgehead atoms. The minimum atomic E-state index is -0.720. The van der Waals surface area contributed by atoms with Gasteiger partial charge in [0.2, 0.25) is 11.8 Å². The summed E-state index contributed by atoms with van der Waals surface area (Å²) in [7, 11) is 0. The molecule has 0 radical (unpaired) electrons. The van der Waals surface area contributed by atoms with E-state index in [0.29, 0.717) is 25.5 Å². The summed E-state index contributed by atoms with van der Waals surface area (Å²) in [6.07, 6.45) is 1.83. The number of likely N-dealkylation sites (tertiary alicyclic amines) is 1. The average molecular weight is 337 g/mol. The Bertz CT molecular complexity index is 609. The van der Waals surface area contributed by atoms with Crippen LogP contribution in [-0.4, -0.2) is 70.1 Å². The van der Waals surface area contributed by atoms with Crippen molar-refractivity contribution in [3.63, 3.8) is 0 Å². The second-order valence-electron chi connectivity index (χ2n) is 6.51. The van der Waals surface area contributed by atoms with Crippen LogP contribution >= 0.6 is 0 Å². The van der Waals surface area contributed by atoms with E-state index in [1.807, 2.05) is 23.6 Å². The highest BCUT2D eigenvalue weighted by atomic mass is 16.5. The Morgan fingerprint density at radius 3 is 2.62 bits per heavy atom. The Morgan fingerprint density at radius 1 is 1.29 bits per heavy atom. The second kappa shape index (κ2) is 6.86. The van der Waals surface area contributed by atoms with Crippen molar-refractivity contribution in [3.05, 3.63) is 11.7 Å². The van der Waals surface area contributed by atoms with Crippen molar-refractivity contribution in [2.45, 2.75) is 44.9 Å². The van der Waals surface area contributed by atoms with Crippen molar-refractivity contribution in [1.29, 1.82) is 0 Å². The molecular weight excluding hydrogens is 314 g/mol. The Labute approximate surface area is 140 Å². The van der Waals surface area contributed by atoms with Gasteiger partial charge in [0.1, 0.15) is 0 Å². The second-order valence-corrected chi connectivity index (χ2v) is 6.51. The van der Waals surface area contributed by atoms with Crippen LogP contribution in [0.25, 0.3) is 0 Å². The third-order valence-corrected chi connectivity index (χ3v) is 4.42. The van der Waals surface area contributed by atoms with Crippen LogP contribution in [-0.2, 0) is 9.53 Å². The highest BCUT2D eigenvalue weighted by Crippen LogP contribution is 2.30. The molecule has 2 fully saturated rings. The third-order valence-electron chi connectivity index (χ3n) is 4.42. The molecule has 0 spiro atoms. The summed E-state index contributed by atoms with van der Waals surface area (Å²) in [6, 6.07) is -0.148. The molecule has 0 saturated carbocycles. The summed E-state index contributed by atoms with van der Waals surface area (Å²) >= 11 is 0. The Morgan fingerprint density at radius 2 is 2.00 bits per heavy atom. The topological polar surface area (TPSA) is 115 Å². The summed E-state index contributed by atoms with van der Waals surface area (Å²) in [6.45, 7) is 6.22. The smallest absolute Gasteiger partial charge is 0.290 e. The molecule has 2 aliphatic heterocycles. The van der Waals surface area contributed by atoms with Crippen molar-refractivity contribution in [3.8, 4) is 0 Å². The molecule has 3 heterocycles. The van der Waals surface area contributed by atoms with E-state index < -0.39 is 5.91 Å². The molecule has 132 valence electrons. The molecule has 3 atom stereocenters. The third kappa shape index (κ3) is 3.57. The van der Waals surface area contributed by atoms with Crippen molar-refractivity contribution in [2.24, 2.45) is 5.73 Å². The maximum atomic E-state index is 12.6. The van der Waals surface area contributed by atoms with Crippen LogP contribution < -0.4 is 5.73 Å². The van der Waals surface area contributed by atoms with Crippen molar-refractivity contribution < 1.29 is 18.8 Å². The summed E-state index contributed by atoms with van der Waals surface area (Å²) in [5, 5.41) is 3.58. The minimum absolute atomic E-state index is 0.0427. The van der Waals surface area contributed by atoms with Gasteiger partial charge in [-0.1, -0.05) is 5.16 Å². The number of nitrogens with zero attached hydrogens (tertiary/aromatic N) is 4. The fourth-order valence-electron chi connectivity index (χ4n) is 3.42. The maximum Gasteiger partial charge on any atom is 0.290 e. The highest BCUT2D eigenvalue weighted by molar-refractivity contribution is 5.88. The zero-order valence-corrected chi connectivity index (χ0v) is 14.0. The molecule has 1 aromatic rings. The van der Waals surface area contributed by atoms with Gasteiger partial charge in [-0.25, -0.2) is 0 Å². The van der Waals surface area contributed by atoms with E-state index >= 15 is 0 Å². The fourth-order valence-corrected chi connectivity index (χ4v) is 3.42. The SMILES string of the molecule is C[C@@H]1CN(C(=O)CN2CCC[C@H]2c2nc(C(N)=O)no2)C[C@H](C)O1. The molecule has 9 heteroatoms. The standard InChI is InChI=1S/C15H23N5O4/c1-9-6-20(7-10(2)23-9)12(21)8-19-5-3-4-11(19)15-17-14(13(16)22)18-24-15/h9-11H,3-8H2,1-2H3,(H2,16,22)/t9-,10+,11-/m0/s1. The molecular formula is C15H23N5O4. The van der Waals surface area contributed by atoms with Gasteiger partial charge >= 0.3 is 0 Å². The number of aromatic nitrogens is 2. The quantitative estimate of drug-likeness (QED) is 0.818. The van der Waals surface area contributed by atoms with Gasteiger partial charge in [0.05, 0.1) is 24.8 Å². The number of carbonyl (C=O) groups is 2. The first-order valence-electron chi connectivity index (χ1n) is 8.24. The Hall–Kier alpha value is -2.00. The summed E-state index contributed by atoms with van der Waals surface area (Å²) in [5.41, 5.74) is 5.15. The molecule has 2 N–H and O–H groups in total. The number of rotatable bonds is 4. The van der Waals surface area contributed by atoms with E-state index in [9.17, 15) is 9.59 Å². The molecule has 3 rings (SSSR count). The molecule has 2 aliphatic rings. The predicted molar refractivity (Wildman–Crippen MR) is 83.0 cm³/mol. The average Bonchev–Trinajstić information content (AvgIpc) is 3.14. The van der Waals surface area contributed by atoms with Gasteiger partial charge < -0.3 is 19.9 Å². The van der Waals surface area contributed by atoms with Crippen molar-refractivity contribution >= 4 is 11.8 Å². The van der Waals surface area contributed by atoms with E-state index in [-0.39, 0.29) is 30.0 Å². The highest BCUT2D eigenvalue weighted by Gasteiger charge is 2.34. The predicted octanol–water partition coefficient (Wildman–Crippen LogP) is -0.0588. The van der Waals surface area contributed by atoms with Crippen LogP contribution in [0, 0.1) is 0 Å². The van der Waals surface area contributed by atoms with Crippen LogP contribution in [0.2, 0.25) is 0 Å². The van der Waals surface area contributed by atoms with E-state index in [0.717, 1.165) is 19.4 Å². The number of primary amides is 1. The first kappa shape index (κ1) is 16.8. The molecule has 0 aliphatic carbocycles. The summed E-state index contributed by atoms with van der Waals surface area (Å²) in [5.74, 6) is -0.433. The lowest BCUT2D eigenvalue weighted by Gasteiger charge is -2.36. The van der Waals surface area contributed by atoms with E-state index in [2.05, 4.69) is 10.1 Å². The largest absolute Gasteiger partial charge is 0.372 e. The van der Waals surface area contributed by atoms with Crippen molar-refractivity contribution in [1.82, 2.24) is 19.9 Å². The molecule has 9 nitrogen and oxygen atoms in total. The van der Waals surface area contributed by atoms with Crippen LogP contribution in [0.4, 0.5) is 0 Å². The molecule has 1 aromatic heterocycles. The lowest BCUT2D eigenvalue weighted by Crippen LogP contribution is -2.51. The molecule has 2 amide bonds.